The van der Waals surface area contributed by atoms with E-state index >= 15 is 0 Å². The summed E-state index contributed by atoms with van der Waals surface area (Å²) in [5.74, 6) is 0.761. The largest absolute Gasteiger partial charge is 0.490 e. The summed E-state index contributed by atoms with van der Waals surface area (Å²) in [5.41, 5.74) is 0.927. The number of nitrogens with zero attached hydrogens (tertiary/aromatic N) is 1. The minimum Gasteiger partial charge on any atom is -0.490 e. The highest BCUT2D eigenvalue weighted by Crippen LogP contribution is 2.34. The van der Waals surface area contributed by atoms with Gasteiger partial charge in [0, 0.05) is 18.4 Å². The molecule has 0 unspecified atom stereocenters. The zero-order chi connectivity index (χ0) is 15.8. The van der Waals surface area contributed by atoms with Crippen LogP contribution in [0, 0.1) is 11.7 Å². The second-order valence-corrected chi connectivity index (χ2v) is 6.10. The lowest BCUT2D eigenvalue weighted by atomic mass is 10.00. The molecule has 1 fully saturated rings. The smallest absolute Gasteiger partial charge is 0.273 e. The number of fused-ring (bicyclic) bond motifs is 1. The van der Waals surface area contributed by atoms with Gasteiger partial charge in [-0.15, -0.1) is 0 Å². The van der Waals surface area contributed by atoms with Crippen molar-refractivity contribution in [2.75, 3.05) is 6.61 Å². The molecule has 5 nitrogen and oxygen atoms in total. The van der Waals surface area contributed by atoms with E-state index < -0.39 is 5.82 Å². The van der Waals surface area contributed by atoms with Crippen LogP contribution in [0.2, 0.25) is 0 Å². The van der Waals surface area contributed by atoms with Crippen molar-refractivity contribution in [2.24, 2.45) is 5.92 Å². The number of carbonyl (C=O) groups is 1. The summed E-state index contributed by atoms with van der Waals surface area (Å²) in [4.78, 5) is 16.6. The number of amides is 1. The Morgan fingerprint density at radius 3 is 3.04 bits per heavy atom. The van der Waals surface area contributed by atoms with E-state index in [-0.39, 0.29) is 23.4 Å². The van der Waals surface area contributed by atoms with Gasteiger partial charge in [-0.3, -0.25) is 4.79 Å². The van der Waals surface area contributed by atoms with Crippen LogP contribution in [0.1, 0.15) is 47.2 Å². The van der Waals surface area contributed by atoms with E-state index in [1.54, 1.807) is 12.1 Å². The van der Waals surface area contributed by atoms with E-state index in [1.165, 1.54) is 25.2 Å². The molecule has 1 N–H and O–H groups in total. The Kier molecular flexibility index (Phi) is 3.52. The number of nitrogens with one attached hydrogen (secondary N) is 1. The minimum atomic E-state index is -0.408. The SMILES string of the molecule is O=C(N[C@H]1CCOc2c(F)cccc21)c1coc(CC2CC2)n1. The van der Waals surface area contributed by atoms with E-state index in [4.69, 9.17) is 9.15 Å². The Bertz CT molecular complexity index is 739. The van der Waals surface area contributed by atoms with Crippen LogP contribution in [0.15, 0.2) is 28.9 Å². The van der Waals surface area contributed by atoms with Crippen LogP contribution >= 0.6 is 0 Å². The van der Waals surface area contributed by atoms with E-state index in [0.717, 1.165) is 6.42 Å². The second kappa shape index (κ2) is 5.68. The predicted molar refractivity (Wildman–Crippen MR) is 79.7 cm³/mol. The van der Waals surface area contributed by atoms with Gasteiger partial charge in [-0.2, -0.15) is 0 Å². The molecule has 0 radical (unpaired) electrons. The fraction of sp³-hybridized carbons (Fsp3) is 0.412. The molecule has 120 valence electrons. The third-order valence-corrected chi connectivity index (χ3v) is 4.28. The molecule has 2 aliphatic rings. The molecule has 0 spiro atoms. The summed E-state index contributed by atoms with van der Waals surface area (Å²) in [6, 6.07) is 4.45. The van der Waals surface area contributed by atoms with Crippen molar-refractivity contribution < 1.29 is 18.3 Å². The van der Waals surface area contributed by atoms with Gasteiger partial charge in [0.2, 0.25) is 0 Å². The van der Waals surface area contributed by atoms with Crippen LogP contribution in [0.4, 0.5) is 4.39 Å². The van der Waals surface area contributed by atoms with Crippen molar-refractivity contribution in [3.8, 4) is 5.75 Å². The molecule has 1 atom stereocenters. The van der Waals surface area contributed by atoms with Crippen molar-refractivity contribution in [2.45, 2.75) is 31.7 Å². The zero-order valence-corrected chi connectivity index (χ0v) is 12.5. The van der Waals surface area contributed by atoms with Gasteiger partial charge in [0.1, 0.15) is 6.26 Å². The highest BCUT2D eigenvalue weighted by Gasteiger charge is 2.27. The van der Waals surface area contributed by atoms with Crippen LogP contribution in [0.3, 0.4) is 0 Å². The standard InChI is InChI=1S/C17H17FN2O3/c18-12-3-1-2-11-13(6-7-22-16(11)12)20-17(21)14-9-23-15(19-14)8-10-4-5-10/h1-3,9-10,13H,4-8H2,(H,20,21)/t13-/m0/s1. The van der Waals surface area contributed by atoms with Gasteiger partial charge < -0.3 is 14.5 Å². The first-order valence-electron chi connectivity index (χ1n) is 7.87. The number of hydrogen-bond acceptors (Lipinski definition) is 4. The number of ether oxygens (including phenoxy) is 1. The summed E-state index contributed by atoms with van der Waals surface area (Å²) < 4.78 is 24.5. The summed E-state index contributed by atoms with van der Waals surface area (Å²) >= 11 is 0. The Morgan fingerprint density at radius 1 is 1.35 bits per heavy atom. The van der Waals surface area contributed by atoms with Gasteiger partial charge in [0.25, 0.3) is 5.91 Å². The molecule has 4 rings (SSSR count). The van der Waals surface area contributed by atoms with Crippen molar-refractivity contribution >= 4 is 5.91 Å². The molecule has 1 aromatic carbocycles. The number of benzene rings is 1. The van der Waals surface area contributed by atoms with Crippen molar-refractivity contribution in [1.29, 1.82) is 0 Å². The van der Waals surface area contributed by atoms with Crippen LogP contribution in [-0.4, -0.2) is 17.5 Å². The van der Waals surface area contributed by atoms with Crippen LogP contribution in [-0.2, 0) is 6.42 Å². The Labute approximate surface area is 132 Å². The molecule has 1 aliphatic carbocycles. The topological polar surface area (TPSA) is 64.4 Å². The molecule has 0 bridgehead atoms. The van der Waals surface area contributed by atoms with Crippen molar-refractivity contribution in [3.63, 3.8) is 0 Å². The average Bonchev–Trinajstić information content (AvgIpc) is 3.23. The van der Waals surface area contributed by atoms with Crippen LogP contribution in [0.25, 0.3) is 0 Å². The third kappa shape index (κ3) is 2.93. The highest BCUT2D eigenvalue weighted by molar-refractivity contribution is 5.92. The van der Waals surface area contributed by atoms with E-state index in [1.807, 2.05) is 0 Å². The Morgan fingerprint density at radius 2 is 2.22 bits per heavy atom. The summed E-state index contributed by atoms with van der Waals surface area (Å²) in [6.45, 7) is 0.366. The maximum Gasteiger partial charge on any atom is 0.273 e. The van der Waals surface area contributed by atoms with Crippen LogP contribution in [0.5, 0.6) is 5.75 Å². The number of rotatable bonds is 4. The van der Waals surface area contributed by atoms with Crippen LogP contribution < -0.4 is 10.1 Å². The molecule has 23 heavy (non-hydrogen) atoms. The van der Waals surface area contributed by atoms with Gasteiger partial charge in [0.05, 0.1) is 12.6 Å². The summed E-state index contributed by atoms with van der Waals surface area (Å²) in [7, 11) is 0. The summed E-state index contributed by atoms with van der Waals surface area (Å²) in [5, 5.41) is 2.89. The first-order chi connectivity index (χ1) is 11.2. The highest BCUT2D eigenvalue weighted by atomic mass is 19.1. The molecule has 1 aromatic heterocycles. The van der Waals surface area contributed by atoms with Gasteiger partial charge >= 0.3 is 0 Å². The molecule has 0 saturated heterocycles. The predicted octanol–water partition coefficient (Wildman–Crippen LogP) is 3.02. The fourth-order valence-corrected chi connectivity index (χ4v) is 2.85. The number of carbonyl (C=O) groups excluding carboxylic acids is 1. The molecule has 6 heteroatoms. The number of aromatic nitrogens is 1. The minimum absolute atomic E-state index is 0.221. The fourth-order valence-electron chi connectivity index (χ4n) is 2.85. The first-order valence-corrected chi connectivity index (χ1v) is 7.87. The lowest BCUT2D eigenvalue weighted by molar-refractivity contribution is 0.0918. The monoisotopic (exact) mass is 316 g/mol. The molecular weight excluding hydrogens is 299 g/mol. The quantitative estimate of drug-likeness (QED) is 0.941. The first kappa shape index (κ1) is 14.2. The van der Waals surface area contributed by atoms with Crippen molar-refractivity contribution in [1.82, 2.24) is 10.3 Å². The molecule has 1 saturated carbocycles. The zero-order valence-electron chi connectivity index (χ0n) is 12.5. The van der Waals surface area contributed by atoms with Crippen molar-refractivity contribution in [3.05, 3.63) is 47.4 Å². The second-order valence-electron chi connectivity index (χ2n) is 6.10. The van der Waals surface area contributed by atoms with E-state index in [9.17, 15) is 9.18 Å². The molecule has 1 aliphatic heterocycles. The normalized spacial score (nSPS) is 19.8. The lowest BCUT2D eigenvalue weighted by Gasteiger charge is -2.26. The van der Waals surface area contributed by atoms with Gasteiger partial charge in [-0.1, -0.05) is 12.1 Å². The third-order valence-electron chi connectivity index (χ3n) is 4.28. The van der Waals surface area contributed by atoms with Gasteiger partial charge in [-0.25, -0.2) is 9.37 Å². The number of halogens is 1. The maximum absolute atomic E-state index is 13.8. The molecule has 1 amide bonds. The van der Waals surface area contributed by atoms with E-state index in [0.29, 0.717) is 30.4 Å². The van der Waals surface area contributed by atoms with Gasteiger partial charge in [0.15, 0.2) is 23.2 Å². The average molecular weight is 316 g/mol. The van der Waals surface area contributed by atoms with E-state index in [2.05, 4.69) is 10.3 Å². The Balaban J connectivity index is 1.49. The van der Waals surface area contributed by atoms with Gasteiger partial charge in [-0.05, 0) is 24.8 Å². The molecular formula is C17H17FN2O3. The number of oxazole rings is 1. The Hall–Kier alpha value is -2.37. The number of para-hydroxylation sites is 1. The maximum atomic E-state index is 13.8. The number of hydrogen-bond donors (Lipinski definition) is 1. The molecule has 2 aromatic rings. The lowest BCUT2D eigenvalue weighted by Crippen LogP contribution is -2.32. The summed E-state index contributed by atoms with van der Waals surface area (Å²) in [6.07, 6.45) is 5.18. The molecule has 2 heterocycles.